The zero-order chi connectivity index (χ0) is 27.6. The molecule has 0 fully saturated rings. The molecule has 1 aromatic heterocycles. The topological polar surface area (TPSA) is 66.2 Å². The molecule has 0 unspecified atom stereocenters. The molecule has 0 radical (unpaired) electrons. The van der Waals surface area contributed by atoms with Gasteiger partial charge in [-0.3, -0.25) is 4.68 Å². The Morgan fingerprint density at radius 2 is 1.62 bits per heavy atom. The Kier molecular flexibility index (Phi) is 8.05. The van der Waals surface area contributed by atoms with Gasteiger partial charge in [0.1, 0.15) is 17.2 Å². The van der Waals surface area contributed by atoms with Gasteiger partial charge in [0, 0.05) is 19.0 Å². The fourth-order valence-electron chi connectivity index (χ4n) is 3.71. The second-order valence-electron chi connectivity index (χ2n) is 10.6. The van der Waals surface area contributed by atoms with Crippen LogP contribution in [-0.4, -0.2) is 31.9 Å². The average Bonchev–Trinajstić information content (AvgIpc) is 3.14. The van der Waals surface area contributed by atoms with Crippen LogP contribution in [0.4, 0.5) is 13.2 Å². The Morgan fingerprint density at radius 3 is 2.19 bits per heavy atom. The quantitative estimate of drug-likeness (QED) is 0.320. The normalized spacial score (nSPS) is 12.5. The molecule has 3 rings (SSSR count). The summed E-state index contributed by atoms with van der Waals surface area (Å²) in [6, 6.07) is 10.7. The van der Waals surface area contributed by atoms with E-state index >= 15 is 0 Å². The predicted octanol–water partition coefficient (Wildman–Crippen LogP) is 6.48. The predicted molar refractivity (Wildman–Crippen MR) is 135 cm³/mol. The van der Waals surface area contributed by atoms with Crippen LogP contribution in [0.5, 0.6) is 5.75 Å². The van der Waals surface area contributed by atoms with Gasteiger partial charge in [-0.1, -0.05) is 24.3 Å². The van der Waals surface area contributed by atoms with Crippen molar-refractivity contribution in [3.05, 3.63) is 65.0 Å². The number of benzene rings is 2. The van der Waals surface area contributed by atoms with Crippen molar-refractivity contribution in [2.75, 3.05) is 0 Å². The standard InChI is InChI=1S/C28H34F3N3O3/c1-18-17-19(11-16-22(18)36-27(5,6)25(35)37-26(2,3)4)9-8-10-23-32-24(33-34(23)7)20-12-14-21(15-13-20)28(29,30)31/h11-17H,8-10H2,1-7H3. The van der Waals surface area contributed by atoms with Crippen LogP contribution in [0.15, 0.2) is 42.5 Å². The van der Waals surface area contributed by atoms with Crippen molar-refractivity contribution in [2.45, 2.75) is 78.2 Å². The Bertz CT molecular complexity index is 1240. The largest absolute Gasteiger partial charge is 0.476 e. The molecule has 0 aliphatic rings. The number of nitrogens with zero attached hydrogens (tertiary/aromatic N) is 3. The average molecular weight is 518 g/mol. The fraction of sp³-hybridized carbons (Fsp3) is 0.464. The first-order valence-corrected chi connectivity index (χ1v) is 12.1. The van der Waals surface area contributed by atoms with E-state index in [2.05, 4.69) is 10.1 Å². The van der Waals surface area contributed by atoms with E-state index in [4.69, 9.17) is 9.47 Å². The van der Waals surface area contributed by atoms with Crippen molar-refractivity contribution < 1.29 is 27.4 Å². The van der Waals surface area contributed by atoms with E-state index in [0.29, 0.717) is 23.6 Å². The maximum absolute atomic E-state index is 12.8. The molecular formula is C28H34F3N3O3. The number of aryl methyl sites for hydroxylation is 4. The van der Waals surface area contributed by atoms with Crippen LogP contribution in [0, 0.1) is 6.92 Å². The van der Waals surface area contributed by atoms with Crippen LogP contribution in [-0.2, 0) is 35.6 Å². The van der Waals surface area contributed by atoms with E-state index < -0.39 is 28.9 Å². The lowest BCUT2D eigenvalue weighted by atomic mass is 10.0. The van der Waals surface area contributed by atoms with E-state index in [1.54, 1.807) is 25.6 Å². The summed E-state index contributed by atoms with van der Waals surface area (Å²) >= 11 is 0. The SMILES string of the molecule is Cc1cc(CCCc2nc(-c3ccc(C(F)(F)F)cc3)nn2C)ccc1OC(C)(C)C(=O)OC(C)(C)C. The molecule has 37 heavy (non-hydrogen) atoms. The summed E-state index contributed by atoms with van der Waals surface area (Å²) in [5, 5.41) is 4.36. The molecule has 0 atom stereocenters. The van der Waals surface area contributed by atoms with Gasteiger partial charge in [-0.05, 0) is 83.7 Å². The molecule has 0 aliphatic carbocycles. The molecule has 0 N–H and O–H groups in total. The highest BCUT2D eigenvalue weighted by molar-refractivity contribution is 5.79. The van der Waals surface area contributed by atoms with E-state index in [1.165, 1.54) is 12.1 Å². The molecule has 3 aromatic rings. The number of hydrogen-bond acceptors (Lipinski definition) is 5. The minimum absolute atomic E-state index is 0.399. The number of halogens is 3. The van der Waals surface area contributed by atoms with Crippen LogP contribution < -0.4 is 4.74 Å². The summed E-state index contributed by atoms with van der Waals surface area (Å²) < 4.78 is 51.6. The Morgan fingerprint density at radius 1 is 0.973 bits per heavy atom. The van der Waals surface area contributed by atoms with Crippen LogP contribution in [0.1, 0.15) is 63.6 Å². The van der Waals surface area contributed by atoms with Crippen LogP contribution in [0.2, 0.25) is 0 Å². The lowest BCUT2D eigenvalue weighted by Crippen LogP contribution is -2.43. The molecule has 9 heteroatoms. The third-order valence-corrected chi connectivity index (χ3v) is 5.68. The minimum atomic E-state index is -4.38. The molecule has 0 aliphatic heterocycles. The summed E-state index contributed by atoms with van der Waals surface area (Å²) in [6.45, 7) is 10.8. The smallest absolute Gasteiger partial charge is 0.416 e. The summed E-state index contributed by atoms with van der Waals surface area (Å²) in [6.07, 6.45) is -2.12. The van der Waals surface area contributed by atoms with E-state index in [9.17, 15) is 18.0 Å². The van der Waals surface area contributed by atoms with Crippen molar-refractivity contribution in [3.8, 4) is 17.1 Å². The minimum Gasteiger partial charge on any atom is -0.476 e. The molecule has 0 bridgehead atoms. The Hall–Kier alpha value is -3.36. The molecule has 200 valence electrons. The van der Waals surface area contributed by atoms with Gasteiger partial charge in [-0.25, -0.2) is 9.78 Å². The second kappa shape index (κ2) is 10.6. The molecule has 2 aromatic carbocycles. The number of alkyl halides is 3. The molecule has 0 spiro atoms. The lowest BCUT2D eigenvalue weighted by molar-refractivity contribution is -0.171. The molecule has 0 saturated carbocycles. The van der Waals surface area contributed by atoms with Gasteiger partial charge >= 0.3 is 12.1 Å². The van der Waals surface area contributed by atoms with Gasteiger partial charge in [0.05, 0.1) is 5.56 Å². The second-order valence-corrected chi connectivity index (χ2v) is 10.6. The number of carbonyl (C=O) groups excluding carboxylic acids is 1. The van der Waals surface area contributed by atoms with Gasteiger partial charge in [0.2, 0.25) is 0 Å². The third-order valence-electron chi connectivity index (χ3n) is 5.68. The van der Waals surface area contributed by atoms with E-state index in [1.807, 2.05) is 45.9 Å². The van der Waals surface area contributed by atoms with Crippen molar-refractivity contribution in [1.82, 2.24) is 14.8 Å². The van der Waals surface area contributed by atoms with E-state index in [-0.39, 0.29) is 0 Å². The summed E-state index contributed by atoms with van der Waals surface area (Å²) in [5.74, 6) is 1.35. The van der Waals surface area contributed by atoms with E-state index in [0.717, 1.165) is 41.9 Å². The first kappa shape index (κ1) is 28.2. The first-order valence-electron chi connectivity index (χ1n) is 12.1. The molecular weight excluding hydrogens is 483 g/mol. The van der Waals surface area contributed by atoms with Gasteiger partial charge in [-0.15, -0.1) is 0 Å². The monoisotopic (exact) mass is 517 g/mol. The van der Waals surface area contributed by atoms with Crippen molar-refractivity contribution in [1.29, 1.82) is 0 Å². The third kappa shape index (κ3) is 7.57. The Balaban J connectivity index is 1.60. The zero-order valence-corrected chi connectivity index (χ0v) is 22.4. The number of carbonyl (C=O) groups is 1. The molecule has 6 nitrogen and oxygen atoms in total. The molecule has 1 heterocycles. The summed E-state index contributed by atoms with van der Waals surface area (Å²) in [5.41, 5.74) is 0.137. The number of aromatic nitrogens is 3. The summed E-state index contributed by atoms with van der Waals surface area (Å²) in [7, 11) is 1.78. The van der Waals surface area contributed by atoms with Gasteiger partial charge in [0.15, 0.2) is 11.4 Å². The highest BCUT2D eigenvalue weighted by Gasteiger charge is 2.35. The maximum atomic E-state index is 12.8. The van der Waals surface area contributed by atoms with Crippen molar-refractivity contribution in [3.63, 3.8) is 0 Å². The molecule has 0 amide bonds. The highest BCUT2D eigenvalue weighted by Crippen LogP contribution is 2.30. The number of hydrogen-bond donors (Lipinski definition) is 0. The van der Waals surface area contributed by atoms with Crippen LogP contribution >= 0.6 is 0 Å². The highest BCUT2D eigenvalue weighted by atomic mass is 19.4. The van der Waals surface area contributed by atoms with Crippen molar-refractivity contribution in [2.24, 2.45) is 7.05 Å². The zero-order valence-electron chi connectivity index (χ0n) is 22.4. The molecule has 0 saturated heterocycles. The van der Waals surface area contributed by atoms with Crippen molar-refractivity contribution >= 4 is 5.97 Å². The summed E-state index contributed by atoms with van der Waals surface area (Å²) in [4.78, 5) is 17.0. The lowest BCUT2D eigenvalue weighted by Gasteiger charge is -2.29. The van der Waals surface area contributed by atoms with Gasteiger partial charge < -0.3 is 9.47 Å². The number of ether oxygens (including phenoxy) is 2. The van der Waals surface area contributed by atoms with Gasteiger partial charge in [0.25, 0.3) is 0 Å². The van der Waals surface area contributed by atoms with Gasteiger partial charge in [-0.2, -0.15) is 18.3 Å². The number of esters is 1. The Labute approximate surface area is 215 Å². The van der Waals surface area contributed by atoms with Crippen LogP contribution in [0.25, 0.3) is 11.4 Å². The fourth-order valence-corrected chi connectivity index (χ4v) is 3.71. The number of rotatable bonds is 8. The maximum Gasteiger partial charge on any atom is 0.416 e. The van der Waals surface area contributed by atoms with Crippen LogP contribution in [0.3, 0.4) is 0 Å². The first-order chi connectivity index (χ1) is 17.0.